The van der Waals surface area contributed by atoms with Gasteiger partial charge in [0.25, 0.3) is 5.91 Å². The van der Waals surface area contributed by atoms with Gasteiger partial charge in [-0.15, -0.1) is 0 Å². The standard InChI is InChI=1S/C15H22N4O2/c1-3-4-11-7-10(8-13(16)17-11)15(21)18-12-5-6-14(20)19(2)9-12/h7-8,12H,3-6,9H2,1-2H3,(H2,16,17)(H,18,21). The molecule has 0 aromatic carbocycles. The highest BCUT2D eigenvalue weighted by Crippen LogP contribution is 2.13. The number of likely N-dealkylation sites (N-methyl/N-ethyl adjacent to an activating group) is 1. The number of amides is 2. The molecule has 1 saturated heterocycles. The van der Waals surface area contributed by atoms with E-state index in [1.807, 2.05) is 0 Å². The fourth-order valence-corrected chi connectivity index (χ4v) is 2.52. The molecular formula is C15H22N4O2. The van der Waals surface area contributed by atoms with E-state index in [0.29, 0.717) is 30.8 Å². The molecule has 0 aliphatic carbocycles. The average molecular weight is 290 g/mol. The molecule has 1 atom stereocenters. The molecule has 6 nitrogen and oxygen atoms in total. The summed E-state index contributed by atoms with van der Waals surface area (Å²) in [6, 6.07) is 3.36. The highest BCUT2D eigenvalue weighted by molar-refractivity contribution is 5.95. The Morgan fingerprint density at radius 2 is 2.29 bits per heavy atom. The molecule has 3 N–H and O–H groups in total. The van der Waals surface area contributed by atoms with E-state index in [1.165, 1.54) is 0 Å². The zero-order chi connectivity index (χ0) is 15.4. The molecule has 0 bridgehead atoms. The fraction of sp³-hybridized carbons (Fsp3) is 0.533. The number of anilines is 1. The molecule has 1 aromatic rings. The van der Waals surface area contributed by atoms with Crippen LogP contribution < -0.4 is 11.1 Å². The van der Waals surface area contributed by atoms with Crippen LogP contribution in [-0.4, -0.2) is 41.3 Å². The first kappa shape index (κ1) is 15.3. The summed E-state index contributed by atoms with van der Waals surface area (Å²) >= 11 is 0. The number of likely N-dealkylation sites (tertiary alicyclic amines) is 1. The van der Waals surface area contributed by atoms with Crippen LogP contribution in [0.25, 0.3) is 0 Å². The van der Waals surface area contributed by atoms with Crippen molar-refractivity contribution < 1.29 is 9.59 Å². The molecule has 2 amide bonds. The maximum Gasteiger partial charge on any atom is 0.251 e. The van der Waals surface area contributed by atoms with Crippen molar-refractivity contribution in [3.63, 3.8) is 0 Å². The molecule has 2 heterocycles. The molecule has 1 aliphatic heterocycles. The van der Waals surface area contributed by atoms with Crippen LogP contribution >= 0.6 is 0 Å². The minimum Gasteiger partial charge on any atom is -0.384 e. The molecule has 6 heteroatoms. The number of nitrogens with one attached hydrogen (secondary N) is 1. The van der Waals surface area contributed by atoms with Crippen molar-refractivity contribution in [3.8, 4) is 0 Å². The summed E-state index contributed by atoms with van der Waals surface area (Å²) in [5.74, 6) is 0.329. The van der Waals surface area contributed by atoms with Gasteiger partial charge in [-0.2, -0.15) is 0 Å². The maximum absolute atomic E-state index is 12.3. The van der Waals surface area contributed by atoms with Gasteiger partial charge in [0, 0.05) is 37.3 Å². The Bertz CT molecular complexity index is 544. The summed E-state index contributed by atoms with van der Waals surface area (Å²) in [5, 5.41) is 2.97. The third-order valence-electron chi connectivity index (χ3n) is 3.63. The zero-order valence-electron chi connectivity index (χ0n) is 12.6. The molecule has 1 fully saturated rings. The largest absolute Gasteiger partial charge is 0.384 e. The molecular weight excluding hydrogens is 268 g/mol. The van der Waals surface area contributed by atoms with E-state index in [9.17, 15) is 9.59 Å². The van der Waals surface area contributed by atoms with Crippen LogP contribution in [0.4, 0.5) is 5.82 Å². The quantitative estimate of drug-likeness (QED) is 0.864. The molecule has 0 radical (unpaired) electrons. The summed E-state index contributed by atoms with van der Waals surface area (Å²) in [7, 11) is 1.75. The van der Waals surface area contributed by atoms with Crippen LogP contribution in [0.2, 0.25) is 0 Å². The average Bonchev–Trinajstić information content (AvgIpc) is 2.42. The van der Waals surface area contributed by atoms with Gasteiger partial charge in [-0.25, -0.2) is 4.98 Å². The number of piperidine rings is 1. The van der Waals surface area contributed by atoms with Crippen LogP contribution in [0.5, 0.6) is 0 Å². The summed E-state index contributed by atoms with van der Waals surface area (Å²) in [6.07, 6.45) is 2.90. The van der Waals surface area contributed by atoms with Crippen LogP contribution in [0.15, 0.2) is 12.1 Å². The Kier molecular flexibility index (Phi) is 4.77. The number of hydrogen-bond donors (Lipinski definition) is 2. The number of hydrogen-bond acceptors (Lipinski definition) is 4. The second kappa shape index (κ2) is 6.56. The minimum atomic E-state index is -0.158. The molecule has 0 saturated carbocycles. The summed E-state index contributed by atoms with van der Waals surface area (Å²) < 4.78 is 0. The molecule has 2 rings (SSSR count). The molecule has 0 spiro atoms. The highest BCUT2D eigenvalue weighted by atomic mass is 16.2. The van der Waals surface area contributed by atoms with Crippen molar-refractivity contribution in [1.29, 1.82) is 0 Å². The number of nitrogen functional groups attached to an aromatic ring is 1. The summed E-state index contributed by atoms with van der Waals surface area (Å²) in [5.41, 5.74) is 7.12. The van der Waals surface area contributed by atoms with E-state index in [1.54, 1.807) is 24.1 Å². The number of pyridine rings is 1. The Morgan fingerprint density at radius 3 is 2.95 bits per heavy atom. The summed E-state index contributed by atoms with van der Waals surface area (Å²) in [6.45, 7) is 2.60. The predicted octanol–water partition coefficient (Wildman–Crippen LogP) is 0.967. The number of rotatable bonds is 4. The van der Waals surface area contributed by atoms with Crippen LogP contribution in [0, 0.1) is 0 Å². The lowest BCUT2D eigenvalue weighted by atomic mass is 10.0. The van der Waals surface area contributed by atoms with Gasteiger partial charge in [-0.1, -0.05) is 13.3 Å². The van der Waals surface area contributed by atoms with Gasteiger partial charge >= 0.3 is 0 Å². The van der Waals surface area contributed by atoms with E-state index in [4.69, 9.17) is 5.73 Å². The third kappa shape index (κ3) is 3.93. The van der Waals surface area contributed by atoms with Gasteiger partial charge < -0.3 is 16.0 Å². The van der Waals surface area contributed by atoms with Crippen molar-refractivity contribution in [2.75, 3.05) is 19.3 Å². The van der Waals surface area contributed by atoms with Crippen molar-refractivity contribution in [1.82, 2.24) is 15.2 Å². The van der Waals surface area contributed by atoms with Crippen LogP contribution in [-0.2, 0) is 11.2 Å². The maximum atomic E-state index is 12.3. The van der Waals surface area contributed by atoms with Gasteiger partial charge in [0.05, 0.1) is 0 Å². The Morgan fingerprint density at radius 1 is 1.52 bits per heavy atom. The van der Waals surface area contributed by atoms with Crippen LogP contribution in [0.1, 0.15) is 42.2 Å². The number of carbonyl (C=O) groups is 2. The van der Waals surface area contributed by atoms with E-state index in [0.717, 1.165) is 18.5 Å². The summed E-state index contributed by atoms with van der Waals surface area (Å²) in [4.78, 5) is 29.6. The first-order valence-electron chi connectivity index (χ1n) is 7.31. The second-order valence-corrected chi connectivity index (χ2v) is 5.51. The zero-order valence-corrected chi connectivity index (χ0v) is 12.6. The number of nitrogens with zero attached hydrogens (tertiary/aromatic N) is 2. The number of carbonyl (C=O) groups excluding carboxylic acids is 2. The van der Waals surface area contributed by atoms with Gasteiger partial charge in [-0.3, -0.25) is 9.59 Å². The smallest absolute Gasteiger partial charge is 0.251 e. The van der Waals surface area contributed by atoms with Crippen molar-refractivity contribution in [2.45, 2.75) is 38.6 Å². The normalized spacial score (nSPS) is 18.7. The van der Waals surface area contributed by atoms with E-state index >= 15 is 0 Å². The number of nitrogens with two attached hydrogens (primary N) is 1. The molecule has 114 valence electrons. The molecule has 1 aromatic heterocycles. The lowest BCUT2D eigenvalue weighted by Gasteiger charge is -2.30. The topological polar surface area (TPSA) is 88.3 Å². The van der Waals surface area contributed by atoms with E-state index < -0.39 is 0 Å². The Balaban J connectivity index is 2.04. The monoisotopic (exact) mass is 290 g/mol. The number of aryl methyl sites for hydroxylation is 1. The first-order chi connectivity index (χ1) is 9.99. The molecule has 21 heavy (non-hydrogen) atoms. The van der Waals surface area contributed by atoms with E-state index in [-0.39, 0.29) is 17.9 Å². The first-order valence-corrected chi connectivity index (χ1v) is 7.31. The Labute approximate surface area is 124 Å². The van der Waals surface area contributed by atoms with Crippen molar-refractivity contribution >= 4 is 17.6 Å². The van der Waals surface area contributed by atoms with E-state index in [2.05, 4.69) is 17.2 Å². The fourth-order valence-electron chi connectivity index (χ4n) is 2.52. The lowest BCUT2D eigenvalue weighted by Crippen LogP contribution is -2.48. The third-order valence-corrected chi connectivity index (χ3v) is 3.63. The van der Waals surface area contributed by atoms with Gasteiger partial charge in [0.2, 0.25) is 5.91 Å². The van der Waals surface area contributed by atoms with Gasteiger partial charge in [-0.05, 0) is 25.0 Å². The highest BCUT2D eigenvalue weighted by Gasteiger charge is 2.24. The van der Waals surface area contributed by atoms with Crippen molar-refractivity contribution in [3.05, 3.63) is 23.4 Å². The number of aromatic nitrogens is 1. The molecule has 1 aliphatic rings. The van der Waals surface area contributed by atoms with Gasteiger partial charge in [0.15, 0.2) is 0 Å². The van der Waals surface area contributed by atoms with Crippen LogP contribution in [0.3, 0.4) is 0 Å². The SMILES string of the molecule is CCCc1cc(C(=O)NC2CCC(=O)N(C)C2)cc(N)n1. The second-order valence-electron chi connectivity index (χ2n) is 5.51. The Hall–Kier alpha value is -2.11. The minimum absolute atomic E-state index is 0.00999. The lowest BCUT2D eigenvalue weighted by molar-refractivity contribution is -0.132. The predicted molar refractivity (Wildman–Crippen MR) is 80.8 cm³/mol. The molecule has 1 unspecified atom stereocenters. The van der Waals surface area contributed by atoms with Gasteiger partial charge in [0.1, 0.15) is 5.82 Å². The van der Waals surface area contributed by atoms with Crippen molar-refractivity contribution in [2.24, 2.45) is 0 Å².